The van der Waals surface area contributed by atoms with Crippen LogP contribution in [0.2, 0.25) is 0 Å². The molecule has 0 bridgehead atoms. The number of hydrogen-bond acceptors (Lipinski definition) is 11. The van der Waals surface area contributed by atoms with Crippen molar-refractivity contribution >= 4 is 54.4 Å². The zero-order valence-corrected chi connectivity index (χ0v) is 23.7. The molecule has 0 N–H and O–H groups in total. The fraction of sp³-hybridized carbons (Fsp3) is 0.480. The maximum atomic E-state index is 12.7. The number of benzene rings is 1. The van der Waals surface area contributed by atoms with Crippen molar-refractivity contribution in [3.05, 3.63) is 39.5 Å². The molecule has 0 unspecified atom stereocenters. The van der Waals surface area contributed by atoms with Crippen LogP contribution < -0.4 is 3.61 Å². The first-order valence-corrected chi connectivity index (χ1v) is 13.6. The average Bonchev–Trinajstić information content (AvgIpc) is 2.81. The first kappa shape index (κ1) is 30.3. The van der Waals surface area contributed by atoms with Gasteiger partial charge in [-0.3, -0.25) is 0 Å². The first-order chi connectivity index (χ1) is 17.4. The van der Waals surface area contributed by atoms with E-state index in [0.29, 0.717) is 3.62 Å². The Bertz CT molecular complexity index is 1030. The van der Waals surface area contributed by atoms with Crippen molar-refractivity contribution in [1.29, 1.82) is 0 Å². The van der Waals surface area contributed by atoms with E-state index < -0.39 is 81.3 Å². The van der Waals surface area contributed by atoms with E-state index in [-0.39, 0.29) is 6.61 Å². The van der Waals surface area contributed by atoms with E-state index >= 15 is 0 Å². The van der Waals surface area contributed by atoms with Gasteiger partial charge in [-0.25, -0.2) is 0 Å². The standard InChI is InChI=1S/C25H30O11Te/c1-13-7-9-18(10-8-13)37-21(25(30)31-6)11-19-22(33-15(3)27)24(35-17(5)29)23(34-16(4)28)20(36-19)12-32-14(2)26/h7-11,19-20,22-24H,12H2,1-6H3/b21-11-/t19-,20-,22+,23-,24-/m1/s1. The van der Waals surface area contributed by atoms with Gasteiger partial charge in [0.25, 0.3) is 0 Å². The maximum absolute atomic E-state index is 12.7. The Morgan fingerprint density at radius 3 is 1.89 bits per heavy atom. The van der Waals surface area contributed by atoms with Gasteiger partial charge in [-0.2, -0.15) is 0 Å². The van der Waals surface area contributed by atoms with Gasteiger partial charge in [0.1, 0.15) is 0 Å². The van der Waals surface area contributed by atoms with Gasteiger partial charge in [0.2, 0.25) is 0 Å². The Morgan fingerprint density at radius 1 is 0.838 bits per heavy atom. The molecule has 1 saturated heterocycles. The van der Waals surface area contributed by atoms with Crippen LogP contribution in [0, 0.1) is 6.92 Å². The van der Waals surface area contributed by atoms with Crippen molar-refractivity contribution < 1.29 is 52.4 Å². The van der Waals surface area contributed by atoms with Crippen LogP contribution in [0.1, 0.15) is 33.3 Å². The van der Waals surface area contributed by atoms with E-state index in [0.717, 1.165) is 29.9 Å². The molecule has 0 aromatic heterocycles. The number of esters is 5. The normalized spacial score (nSPS) is 23.4. The van der Waals surface area contributed by atoms with E-state index in [4.69, 9.17) is 28.4 Å². The molecule has 1 aromatic carbocycles. The van der Waals surface area contributed by atoms with Crippen molar-refractivity contribution in [3.63, 3.8) is 0 Å². The van der Waals surface area contributed by atoms with Crippen LogP contribution in [0.4, 0.5) is 0 Å². The van der Waals surface area contributed by atoms with Gasteiger partial charge in [-0.05, 0) is 0 Å². The van der Waals surface area contributed by atoms with E-state index in [2.05, 4.69) is 0 Å². The molecular formula is C25H30O11Te. The number of methoxy groups -OCH3 is 1. The summed E-state index contributed by atoms with van der Waals surface area (Å²) in [6.45, 7) is 6.21. The Balaban J connectivity index is 2.58. The van der Waals surface area contributed by atoms with Crippen LogP contribution in [-0.2, 0) is 52.4 Å². The molecule has 0 aliphatic carbocycles. The second-order valence-corrected chi connectivity index (χ2v) is 11.3. The van der Waals surface area contributed by atoms with Gasteiger partial charge < -0.3 is 0 Å². The Hall–Kier alpha value is -2.94. The zero-order valence-electron chi connectivity index (χ0n) is 21.4. The fourth-order valence-corrected chi connectivity index (χ4v) is 6.08. The average molecular weight is 634 g/mol. The topological polar surface area (TPSA) is 141 Å². The monoisotopic (exact) mass is 636 g/mol. The minimum atomic E-state index is -1.32. The first-order valence-electron chi connectivity index (χ1n) is 11.3. The van der Waals surface area contributed by atoms with Gasteiger partial charge in [0.15, 0.2) is 0 Å². The molecule has 0 amide bonds. The summed E-state index contributed by atoms with van der Waals surface area (Å²) in [7, 11) is 1.24. The fourth-order valence-electron chi connectivity index (χ4n) is 3.52. The predicted molar refractivity (Wildman–Crippen MR) is 129 cm³/mol. The van der Waals surface area contributed by atoms with Crippen molar-refractivity contribution in [2.24, 2.45) is 0 Å². The predicted octanol–water partition coefficient (Wildman–Crippen LogP) is 0.507. The number of aryl methyl sites for hydroxylation is 1. The second kappa shape index (κ2) is 14.1. The molecule has 202 valence electrons. The van der Waals surface area contributed by atoms with E-state index in [9.17, 15) is 24.0 Å². The van der Waals surface area contributed by atoms with Crippen LogP contribution in [0.3, 0.4) is 0 Å². The quantitative estimate of drug-likeness (QED) is 0.163. The molecular weight excluding hydrogens is 604 g/mol. The number of carbonyl (C=O) groups is 5. The SMILES string of the molecule is COC(=O)/C(=C/[C@H]1O[C@H](COC(C)=O)[C@@H](OC(C)=O)[C@H](OC(C)=O)[C@H]1OC(C)=O)[Te]c1ccc(C)cc1. The van der Waals surface area contributed by atoms with Crippen molar-refractivity contribution in [2.45, 2.75) is 65.1 Å². The molecule has 0 spiro atoms. The van der Waals surface area contributed by atoms with E-state index in [1.54, 1.807) is 0 Å². The molecule has 1 aromatic rings. The Morgan fingerprint density at radius 2 is 1.38 bits per heavy atom. The number of carbonyl (C=O) groups excluding carboxylic acids is 5. The summed E-state index contributed by atoms with van der Waals surface area (Å²) in [5.74, 6) is -3.41. The number of rotatable bonds is 9. The molecule has 11 nitrogen and oxygen atoms in total. The summed E-state index contributed by atoms with van der Waals surface area (Å²) in [5.41, 5.74) is 1.05. The van der Waals surface area contributed by atoms with E-state index in [1.807, 2.05) is 31.2 Å². The van der Waals surface area contributed by atoms with Gasteiger partial charge in [0.05, 0.1) is 0 Å². The molecule has 1 fully saturated rings. The molecule has 5 atom stereocenters. The van der Waals surface area contributed by atoms with Crippen LogP contribution in [-0.4, -0.2) is 95.0 Å². The zero-order chi connectivity index (χ0) is 27.7. The summed E-state index contributed by atoms with van der Waals surface area (Å²) < 4.78 is 33.6. The number of ether oxygens (including phenoxy) is 6. The molecule has 12 heteroatoms. The van der Waals surface area contributed by atoms with Crippen molar-refractivity contribution in [1.82, 2.24) is 0 Å². The van der Waals surface area contributed by atoms with Crippen molar-refractivity contribution in [2.75, 3.05) is 13.7 Å². The van der Waals surface area contributed by atoms with Gasteiger partial charge >= 0.3 is 225 Å². The molecule has 2 rings (SSSR count). The molecule has 1 aliphatic rings. The minimum absolute atomic E-state index is 0.303. The van der Waals surface area contributed by atoms with Gasteiger partial charge in [-0.1, -0.05) is 0 Å². The van der Waals surface area contributed by atoms with Crippen LogP contribution >= 0.6 is 0 Å². The Labute approximate surface area is 224 Å². The van der Waals surface area contributed by atoms with E-state index in [1.165, 1.54) is 20.1 Å². The number of hydrogen-bond donors (Lipinski definition) is 0. The summed E-state index contributed by atoms with van der Waals surface area (Å²) in [6, 6.07) is 7.65. The summed E-state index contributed by atoms with van der Waals surface area (Å²) in [6.07, 6.45) is -4.66. The molecule has 1 aliphatic heterocycles. The molecule has 37 heavy (non-hydrogen) atoms. The summed E-state index contributed by atoms with van der Waals surface area (Å²) in [4.78, 5) is 60.1. The molecule has 0 saturated carbocycles. The third kappa shape index (κ3) is 9.46. The Kier molecular flexibility index (Phi) is 11.6. The second-order valence-electron chi connectivity index (χ2n) is 8.10. The van der Waals surface area contributed by atoms with Crippen LogP contribution in [0.25, 0.3) is 0 Å². The molecule has 1 heterocycles. The van der Waals surface area contributed by atoms with Crippen LogP contribution in [0.5, 0.6) is 0 Å². The third-order valence-electron chi connectivity index (χ3n) is 4.98. The van der Waals surface area contributed by atoms with Crippen LogP contribution in [0.15, 0.2) is 34.0 Å². The van der Waals surface area contributed by atoms with Gasteiger partial charge in [0, 0.05) is 0 Å². The van der Waals surface area contributed by atoms with Gasteiger partial charge in [-0.15, -0.1) is 0 Å². The summed E-state index contributed by atoms with van der Waals surface area (Å²) >= 11 is -1.29. The summed E-state index contributed by atoms with van der Waals surface area (Å²) in [5, 5.41) is 0. The third-order valence-corrected chi connectivity index (χ3v) is 7.92. The molecule has 0 radical (unpaired) electrons. The van der Waals surface area contributed by atoms with Crippen molar-refractivity contribution in [3.8, 4) is 0 Å².